The molecule has 0 atom stereocenters. The fourth-order valence-corrected chi connectivity index (χ4v) is 16.4. The van der Waals surface area contributed by atoms with E-state index in [1.165, 1.54) is 0 Å². The van der Waals surface area contributed by atoms with Crippen molar-refractivity contribution in [3.8, 4) is 135 Å². The molecule has 12 aromatic heterocycles. The number of aryl methyl sites for hydroxylation is 8. The van der Waals surface area contributed by atoms with Crippen LogP contribution < -0.4 is 32.7 Å². The number of unbranched alkanes of at least 4 members (excludes halogenated alkanes) is 1. The molecule has 0 saturated heterocycles. The van der Waals surface area contributed by atoms with Crippen molar-refractivity contribution < 1.29 is 10.2 Å². The molecule has 19 rings (SSSR count). The van der Waals surface area contributed by atoms with Crippen LogP contribution in [0.15, 0.2) is 221 Å². The fourth-order valence-electron chi connectivity index (χ4n) is 16.1. The summed E-state index contributed by atoms with van der Waals surface area (Å²) in [5.41, 5.74) is 31.7. The van der Waals surface area contributed by atoms with E-state index < -0.39 is 0 Å². The lowest BCUT2D eigenvalue weighted by molar-refractivity contribution is 0.00112. The number of rotatable bonds is 26. The van der Waals surface area contributed by atoms with Crippen molar-refractivity contribution in [2.75, 3.05) is 60.0 Å². The zero-order valence-electron chi connectivity index (χ0n) is 70.6. The predicted octanol–water partition coefficient (Wildman–Crippen LogP) is 12.8. The number of nitrogens with one attached hydrogen (secondary N) is 4. The van der Waals surface area contributed by atoms with Gasteiger partial charge in [-0.25, -0.2) is 39.9 Å². The first-order chi connectivity index (χ1) is 60.2. The van der Waals surface area contributed by atoms with Gasteiger partial charge in [-0.15, -0.1) is 11.6 Å². The van der Waals surface area contributed by atoms with Crippen molar-refractivity contribution in [3.05, 3.63) is 221 Å². The van der Waals surface area contributed by atoms with E-state index in [0.717, 1.165) is 180 Å². The predicted molar refractivity (Wildman–Crippen MR) is 483 cm³/mol. The van der Waals surface area contributed by atoms with E-state index in [9.17, 15) is 5.11 Å². The maximum atomic E-state index is 9.21. The lowest BCUT2D eigenvalue weighted by Gasteiger charge is -2.57. The SMILES string of the molecule is Cn1cc(-c2cccc(-c3ncc(-c4ccn(C)n4)c(NC4CC(CN)(CCl)C4)n3)c2)cn1.Cn1cc(-c2cccc(-c3ncc(-c4ccn(C)n4)c(NC4CC5(CC(N)C5)C4)n3)c2)cn1.Cn1cc(-c2cccc(-c3ncc(-c4ccn(C)n4)c(NCCCCO)n3)c2)cn1.Cn1cc(-c2cccc(-c3ncc(-c4cnn(C)c4)c(NCCO)n3)c2)cn1. The van der Waals surface area contributed by atoms with Crippen LogP contribution in [0, 0.1) is 10.8 Å². The Bertz CT molecular complexity index is 6320. The molecule has 16 aromatic rings. The molecule has 3 aliphatic carbocycles. The number of aliphatic hydroxyl groups is 2. The number of aromatic nitrogens is 24. The Balaban J connectivity index is 0.000000122. The molecular weight excluding hydrogens is 1580 g/mol. The maximum absolute atomic E-state index is 9.21. The largest absolute Gasteiger partial charge is 0.396 e. The number of halogens is 1. The van der Waals surface area contributed by atoms with Crippen LogP contribution in [0.5, 0.6) is 0 Å². The van der Waals surface area contributed by atoms with Gasteiger partial charge in [-0.2, -0.15) is 40.8 Å². The molecule has 33 heteroatoms. The standard InChI is InChI=1S/C25H28N8.C24H27ClN8.C22H25N7O.C20H21N7O/c1-32-7-6-22(31-32)21-14-27-23(17-5-3-4-16(8-17)18-13-28-33(2)15-18)30-24(21)29-20-11-25(12-20)9-19(26)10-25;1-32-7-6-21(31-32)20-12-27-22(30-23(20)29-19-9-24(10-19,14-25)15-26)17-5-3-4-16(8-17)18-11-28-33(2)13-18;1-28-10-8-20(27-28)19-14-24-21(26-22(19)23-9-3-4-11-30)17-7-5-6-16(12-17)18-13-25-29(2)15-18;1-26-12-16(9-23-26)14-4-3-5-15(8-14)19-22-11-18(17-10-24-27(2)13-17)20(25-19)21-6-7-28/h3-8,13-15,19-20H,9-12,26H2,1-2H3,(H,27,29,30);3-8,11-13,19H,9-10,14-15,26H2,1-2H3,(H,27,29,30);5-8,10,12-15,30H,3-4,9,11H2,1-2H3,(H,23,24,26);3-5,8-13,28H,6-7H2,1-2H3,(H,21,22,25). The number of benzene rings is 4. The van der Waals surface area contributed by atoms with Crippen LogP contribution in [0.3, 0.4) is 0 Å². The van der Waals surface area contributed by atoms with Crippen LogP contribution in [0.2, 0.25) is 0 Å². The van der Waals surface area contributed by atoms with Gasteiger partial charge in [0.05, 0.1) is 71.4 Å². The van der Waals surface area contributed by atoms with E-state index in [-0.39, 0.29) is 24.7 Å². The quantitative estimate of drug-likeness (QED) is 0.0184. The highest BCUT2D eigenvalue weighted by molar-refractivity contribution is 6.18. The third kappa shape index (κ3) is 19.6. The molecule has 0 amide bonds. The van der Waals surface area contributed by atoms with Gasteiger partial charge in [0.2, 0.25) is 0 Å². The molecule has 634 valence electrons. The van der Waals surface area contributed by atoms with Gasteiger partial charge in [0.25, 0.3) is 0 Å². The van der Waals surface area contributed by atoms with E-state index in [1.807, 2.05) is 233 Å². The second-order valence-electron chi connectivity index (χ2n) is 32.3. The third-order valence-electron chi connectivity index (χ3n) is 22.6. The molecule has 3 saturated carbocycles. The first-order valence-electron chi connectivity index (χ1n) is 41.3. The number of nitrogens with two attached hydrogens (primary N) is 2. The summed E-state index contributed by atoms with van der Waals surface area (Å²) in [7, 11) is 15.2. The minimum atomic E-state index is 0.0122. The molecule has 124 heavy (non-hydrogen) atoms. The maximum Gasteiger partial charge on any atom is 0.161 e. The summed E-state index contributed by atoms with van der Waals surface area (Å²) in [4.78, 5) is 38.0. The summed E-state index contributed by atoms with van der Waals surface area (Å²) in [6.45, 7) is 1.91. The summed E-state index contributed by atoms with van der Waals surface area (Å²) < 4.78 is 14.2. The van der Waals surface area contributed by atoms with Gasteiger partial charge in [-0.1, -0.05) is 72.8 Å². The summed E-state index contributed by atoms with van der Waals surface area (Å²) in [6, 6.07) is 39.6. The Labute approximate surface area is 723 Å². The van der Waals surface area contributed by atoms with Crippen molar-refractivity contribution in [1.82, 2.24) is 118 Å². The van der Waals surface area contributed by atoms with Crippen molar-refractivity contribution >= 4 is 34.9 Å². The van der Waals surface area contributed by atoms with E-state index in [4.69, 9.17) is 53.1 Å². The first-order valence-corrected chi connectivity index (χ1v) is 41.9. The van der Waals surface area contributed by atoms with E-state index in [2.05, 4.69) is 113 Å². The average Bonchev–Trinajstić information content (AvgIpc) is 0.776. The topological polar surface area (TPSA) is 386 Å². The Morgan fingerprint density at radius 1 is 0.371 bits per heavy atom. The van der Waals surface area contributed by atoms with Crippen LogP contribution in [-0.4, -0.2) is 185 Å². The van der Waals surface area contributed by atoms with Crippen molar-refractivity contribution in [2.45, 2.75) is 69.5 Å². The Hall–Kier alpha value is -13.8. The number of hydrogen-bond acceptors (Lipinski definition) is 24. The fraction of sp³-hybridized carbons (Fsp3) is 0.297. The normalized spacial score (nSPS) is 16.8. The van der Waals surface area contributed by atoms with Gasteiger partial charge in [-0.05, 0) is 133 Å². The molecule has 12 heterocycles. The van der Waals surface area contributed by atoms with Gasteiger partial charge < -0.3 is 42.9 Å². The zero-order valence-corrected chi connectivity index (χ0v) is 71.3. The minimum absolute atomic E-state index is 0.0122. The van der Waals surface area contributed by atoms with Gasteiger partial charge in [-0.3, -0.25) is 37.5 Å². The second kappa shape index (κ2) is 37.3. The molecule has 4 aromatic carbocycles. The average molecular weight is 1680 g/mol. The van der Waals surface area contributed by atoms with Gasteiger partial charge in [0, 0.05) is 230 Å². The van der Waals surface area contributed by atoms with Gasteiger partial charge >= 0.3 is 0 Å². The minimum Gasteiger partial charge on any atom is -0.396 e. The van der Waals surface area contributed by atoms with Crippen LogP contribution in [0.1, 0.15) is 51.4 Å². The molecule has 0 aliphatic heterocycles. The van der Waals surface area contributed by atoms with E-state index in [0.29, 0.717) is 72.1 Å². The van der Waals surface area contributed by atoms with Gasteiger partial charge in [0.1, 0.15) is 23.3 Å². The highest BCUT2D eigenvalue weighted by Gasteiger charge is 2.52. The summed E-state index contributed by atoms with van der Waals surface area (Å²) in [5.74, 6) is 6.20. The third-order valence-corrected chi connectivity index (χ3v) is 23.1. The van der Waals surface area contributed by atoms with Crippen molar-refractivity contribution in [2.24, 2.45) is 78.7 Å². The van der Waals surface area contributed by atoms with Crippen LogP contribution in [-0.2, 0) is 56.4 Å². The number of anilines is 4. The molecule has 32 nitrogen and oxygen atoms in total. The second-order valence-corrected chi connectivity index (χ2v) is 32.6. The zero-order chi connectivity index (χ0) is 86.0. The lowest BCUT2D eigenvalue weighted by Crippen LogP contribution is -2.57. The Kier molecular flexibility index (Phi) is 25.2. The van der Waals surface area contributed by atoms with Crippen molar-refractivity contribution in [1.29, 1.82) is 0 Å². The molecule has 0 radical (unpaired) electrons. The summed E-state index contributed by atoms with van der Waals surface area (Å²) in [6.07, 6.45) is 40.2. The van der Waals surface area contributed by atoms with Crippen LogP contribution >= 0.6 is 11.6 Å². The lowest BCUT2D eigenvalue weighted by atomic mass is 9.52. The summed E-state index contributed by atoms with van der Waals surface area (Å²) in [5, 5.41) is 67.0. The molecule has 3 fully saturated rings. The summed E-state index contributed by atoms with van der Waals surface area (Å²) >= 11 is 6.18. The van der Waals surface area contributed by atoms with Crippen LogP contribution in [0.25, 0.3) is 135 Å². The molecular formula is C91H101ClN30O2. The van der Waals surface area contributed by atoms with Crippen LogP contribution in [0.4, 0.5) is 23.3 Å². The molecule has 1 spiro atoms. The first kappa shape index (κ1) is 83.8. The van der Waals surface area contributed by atoms with Crippen molar-refractivity contribution in [3.63, 3.8) is 0 Å². The molecule has 10 N–H and O–H groups in total. The molecule has 0 bridgehead atoms. The number of aliphatic hydroxyl groups excluding tert-OH is 2. The number of alkyl halides is 1. The molecule has 0 unspecified atom stereocenters. The Morgan fingerprint density at radius 3 is 1.02 bits per heavy atom. The van der Waals surface area contributed by atoms with Gasteiger partial charge in [0.15, 0.2) is 23.3 Å². The van der Waals surface area contributed by atoms with E-state index in [1.54, 1.807) is 45.2 Å². The molecule has 3 aliphatic rings. The highest BCUT2D eigenvalue weighted by Crippen LogP contribution is 2.56. The number of nitrogens with zero attached hydrogens (tertiary/aromatic N) is 24. The van der Waals surface area contributed by atoms with E-state index >= 15 is 0 Å². The monoisotopic (exact) mass is 1680 g/mol. The Morgan fingerprint density at radius 2 is 0.702 bits per heavy atom. The smallest absolute Gasteiger partial charge is 0.161 e. The highest BCUT2D eigenvalue weighted by atomic mass is 35.5. The number of hydrogen-bond donors (Lipinski definition) is 8.